The Morgan fingerprint density at radius 3 is 1.64 bits per heavy atom. The van der Waals surface area contributed by atoms with Crippen molar-refractivity contribution >= 4 is 54.3 Å². The van der Waals surface area contributed by atoms with Crippen LogP contribution < -0.4 is 0 Å². The summed E-state index contributed by atoms with van der Waals surface area (Å²) in [4.78, 5) is 15.7. The van der Waals surface area contributed by atoms with E-state index >= 15 is 0 Å². The van der Waals surface area contributed by atoms with Crippen molar-refractivity contribution < 1.29 is 4.42 Å². The number of hydrogen-bond donors (Lipinski definition) is 0. The van der Waals surface area contributed by atoms with Crippen molar-refractivity contribution in [3.05, 3.63) is 212 Å². The van der Waals surface area contributed by atoms with Crippen LogP contribution in [0, 0.1) is 0 Å². The zero-order valence-electron chi connectivity index (χ0n) is 33.0. The fourth-order valence-electron chi connectivity index (χ4n) is 8.92. The molecule has 61 heavy (non-hydrogen) atoms. The quantitative estimate of drug-likeness (QED) is 0.169. The van der Waals surface area contributed by atoms with Gasteiger partial charge < -0.3 is 4.42 Å². The van der Waals surface area contributed by atoms with E-state index in [-0.39, 0.29) is 0 Å². The van der Waals surface area contributed by atoms with E-state index in [1.807, 2.05) is 24.3 Å². The average molecular weight is 778 g/mol. The molecule has 0 N–H and O–H groups in total. The second-order valence-corrected chi connectivity index (χ2v) is 15.5. The zero-order chi connectivity index (χ0) is 40.3. The van der Waals surface area contributed by atoms with Gasteiger partial charge in [0, 0.05) is 21.9 Å². The van der Waals surface area contributed by atoms with E-state index in [0.29, 0.717) is 17.5 Å². The van der Waals surface area contributed by atoms with Crippen molar-refractivity contribution in [2.45, 2.75) is 0 Å². The van der Waals surface area contributed by atoms with Crippen molar-refractivity contribution in [1.82, 2.24) is 15.0 Å². The first-order valence-electron chi connectivity index (χ1n) is 20.6. The lowest BCUT2D eigenvalue weighted by Gasteiger charge is -2.14. The van der Waals surface area contributed by atoms with Crippen LogP contribution in [0.3, 0.4) is 0 Å². The van der Waals surface area contributed by atoms with Gasteiger partial charge in [-0.15, -0.1) is 0 Å². The van der Waals surface area contributed by atoms with E-state index in [0.717, 1.165) is 66.1 Å². The molecule has 0 spiro atoms. The van der Waals surface area contributed by atoms with Crippen molar-refractivity contribution in [1.29, 1.82) is 0 Å². The van der Waals surface area contributed by atoms with Crippen LogP contribution in [-0.2, 0) is 0 Å². The van der Waals surface area contributed by atoms with E-state index in [1.54, 1.807) is 0 Å². The van der Waals surface area contributed by atoms with E-state index in [2.05, 4.69) is 188 Å². The van der Waals surface area contributed by atoms with Crippen molar-refractivity contribution in [2.75, 3.05) is 0 Å². The van der Waals surface area contributed by atoms with Gasteiger partial charge in [-0.1, -0.05) is 182 Å². The number of aromatic nitrogens is 3. The molecule has 4 nitrogen and oxygen atoms in total. The highest BCUT2D eigenvalue weighted by Gasteiger charge is 2.20. The van der Waals surface area contributed by atoms with Gasteiger partial charge in [0.15, 0.2) is 17.5 Å². The number of hydrogen-bond acceptors (Lipinski definition) is 4. The molecule has 0 fully saturated rings. The summed E-state index contributed by atoms with van der Waals surface area (Å²) in [6.07, 6.45) is 0. The molecule has 12 aromatic rings. The Labute approximate surface area is 352 Å². The summed E-state index contributed by atoms with van der Waals surface area (Å²) in [5.41, 5.74) is 11.3. The molecule has 0 aliphatic rings. The highest BCUT2D eigenvalue weighted by atomic mass is 16.3. The smallest absolute Gasteiger partial charge is 0.167 e. The first kappa shape index (κ1) is 34.8. The van der Waals surface area contributed by atoms with Gasteiger partial charge in [-0.3, -0.25) is 0 Å². The SMILES string of the molecule is c1ccc(-c2ccc3ccc(-c4ccc(-c5nc(-c6ccc(-c7cccc8ccccc78)cc6)nc(-c6cccc7c6oc6ccccc67)n5)c5ccccc45)cc3c2)cc1. The largest absolute Gasteiger partial charge is 0.455 e. The molecule has 284 valence electrons. The van der Waals surface area contributed by atoms with Gasteiger partial charge in [-0.05, 0) is 96.0 Å². The maximum Gasteiger partial charge on any atom is 0.167 e. The second kappa shape index (κ2) is 14.3. The predicted molar refractivity (Wildman–Crippen MR) is 252 cm³/mol. The lowest BCUT2D eigenvalue weighted by atomic mass is 9.92. The first-order valence-corrected chi connectivity index (χ1v) is 20.6. The van der Waals surface area contributed by atoms with Crippen LogP contribution in [0.1, 0.15) is 0 Å². The van der Waals surface area contributed by atoms with Crippen LogP contribution in [0.15, 0.2) is 217 Å². The van der Waals surface area contributed by atoms with Crippen LogP contribution >= 0.6 is 0 Å². The summed E-state index contributed by atoms with van der Waals surface area (Å²) in [5.74, 6) is 1.74. The number of rotatable bonds is 6. The predicted octanol–water partition coefficient (Wildman–Crippen LogP) is 15.2. The Balaban J connectivity index is 1.02. The Kier molecular flexibility index (Phi) is 8.13. The molecule has 0 radical (unpaired) electrons. The first-order chi connectivity index (χ1) is 30.2. The summed E-state index contributed by atoms with van der Waals surface area (Å²) in [6, 6.07) is 74.8. The fourth-order valence-corrected chi connectivity index (χ4v) is 8.92. The number of fused-ring (bicyclic) bond motifs is 6. The number of nitrogens with zero attached hydrogens (tertiary/aromatic N) is 3. The molecule has 0 unspecified atom stereocenters. The normalized spacial score (nSPS) is 11.6. The standard InChI is InChI=1S/C57H35N3O/c1-2-12-36(13-3-1)41-30-24-37-25-31-42(35-43(37)34-41)46-32-33-51(48-18-7-6-17-47(46)48)56-58-55(40-28-26-39(27-29-40)45-20-10-15-38-14-4-5-16-44(38)45)59-57(60-56)52-22-11-21-50-49-19-8-9-23-53(49)61-54(50)52/h1-35H. The topological polar surface area (TPSA) is 51.8 Å². The van der Waals surface area contributed by atoms with Crippen LogP contribution in [-0.4, -0.2) is 15.0 Å². The highest BCUT2D eigenvalue weighted by Crippen LogP contribution is 2.40. The summed E-state index contributed by atoms with van der Waals surface area (Å²) < 4.78 is 6.53. The molecule has 2 heterocycles. The van der Waals surface area contributed by atoms with Crippen molar-refractivity contribution in [3.8, 4) is 67.5 Å². The summed E-state index contributed by atoms with van der Waals surface area (Å²) >= 11 is 0. The lowest BCUT2D eigenvalue weighted by molar-refractivity contribution is 0.669. The lowest BCUT2D eigenvalue weighted by Crippen LogP contribution is -2.01. The Morgan fingerprint density at radius 1 is 0.262 bits per heavy atom. The zero-order valence-corrected chi connectivity index (χ0v) is 33.0. The molecule has 0 aliphatic heterocycles. The van der Waals surface area contributed by atoms with Gasteiger partial charge in [0.1, 0.15) is 11.2 Å². The summed E-state index contributed by atoms with van der Waals surface area (Å²) in [6.45, 7) is 0. The Hall–Kier alpha value is -8.21. The highest BCUT2D eigenvalue weighted by molar-refractivity contribution is 6.09. The number of para-hydroxylation sites is 2. The van der Waals surface area contributed by atoms with E-state index in [9.17, 15) is 0 Å². The maximum atomic E-state index is 6.53. The minimum atomic E-state index is 0.555. The van der Waals surface area contributed by atoms with E-state index in [4.69, 9.17) is 19.4 Å². The molecule has 0 aliphatic carbocycles. The van der Waals surface area contributed by atoms with Crippen molar-refractivity contribution in [2.24, 2.45) is 0 Å². The molecule has 4 heteroatoms. The molecular weight excluding hydrogens is 743 g/mol. The van der Waals surface area contributed by atoms with Crippen molar-refractivity contribution in [3.63, 3.8) is 0 Å². The molecule has 0 bridgehead atoms. The minimum Gasteiger partial charge on any atom is -0.455 e. The summed E-state index contributed by atoms with van der Waals surface area (Å²) in [5, 5.41) is 9.12. The number of benzene rings is 10. The molecule has 0 saturated heterocycles. The Morgan fingerprint density at radius 2 is 0.803 bits per heavy atom. The number of furan rings is 1. The van der Waals surface area contributed by atoms with Gasteiger partial charge in [0.25, 0.3) is 0 Å². The summed E-state index contributed by atoms with van der Waals surface area (Å²) in [7, 11) is 0. The van der Waals surface area contributed by atoms with Crippen LogP contribution in [0.25, 0.3) is 122 Å². The molecule has 2 aromatic heterocycles. The van der Waals surface area contributed by atoms with E-state index in [1.165, 1.54) is 38.2 Å². The molecule has 0 amide bonds. The third kappa shape index (κ3) is 6.04. The second-order valence-electron chi connectivity index (χ2n) is 15.5. The van der Waals surface area contributed by atoms with Crippen LogP contribution in [0.5, 0.6) is 0 Å². The van der Waals surface area contributed by atoms with Gasteiger partial charge in [0.2, 0.25) is 0 Å². The fraction of sp³-hybridized carbons (Fsp3) is 0. The van der Waals surface area contributed by atoms with Gasteiger partial charge in [0.05, 0.1) is 5.56 Å². The van der Waals surface area contributed by atoms with Gasteiger partial charge in [-0.25, -0.2) is 15.0 Å². The molecule has 10 aromatic carbocycles. The molecule has 12 rings (SSSR count). The molecular formula is C57H35N3O. The van der Waals surface area contributed by atoms with Crippen LogP contribution in [0.2, 0.25) is 0 Å². The van der Waals surface area contributed by atoms with Gasteiger partial charge >= 0.3 is 0 Å². The van der Waals surface area contributed by atoms with Crippen LogP contribution in [0.4, 0.5) is 0 Å². The maximum absolute atomic E-state index is 6.53. The third-order valence-corrected chi connectivity index (χ3v) is 11.9. The average Bonchev–Trinajstić information content (AvgIpc) is 3.72. The third-order valence-electron chi connectivity index (χ3n) is 11.9. The minimum absolute atomic E-state index is 0.555. The van der Waals surface area contributed by atoms with E-state index < -0.39 is 0 Å². The Bertz CT molecular complexity index is 3640. The molecule has 0 atom stereocenters. The molecule has 0 saturated carbocycles. The van der Waals surface area contributed by atoms with Gasteiger partial charge in [-0.2, -0.15) is 0 Å². The monoisotopic (exact) mass is 777 g/mol.